The molecule has 0 aliphatic heterocycles. The quantitative estimate of drug-likeness (QED) is 0.180. The first-order valence-corrected chi connectivity index (χ1v) is 20.0. The minimum absolute atomic E-state index is 0.619. The molecule has 0 aliphatic rings. The van der Waals surface area contributed by atoms with Crippen LogP contribution in [0.15, 0.2) is 192 Å². The van der Waals surface area contributed by atoms with Crippen LogP contribution in [0.5, 0.6) is 0 Å². The van der Waals surface area contributed by atoms with Gasteiger partial charge in [0.15, 0.2) is 0 Å². The van der Waals surface area contributed by atoms with Gasteiger partial charge < -0.3 is 4.42 Å². The number of hydrogen-bond donors (Lipinski definition) is 0. The van der Waals surface area contributed by atoms with Crippen LogP contribution in [0.25, 0.3) is 116 Å². The zero-order valence-corrected chi connectivity index (χ0v) is 32.1. The molecule has 58 heavy (non-hydrogen) atoms. The van der Waals surface area contributed by atoms with Crippen molar-refractivity contribution in [2.45, 2.75) is 13.8 Å². The zero-order valence-electron chi connectivity index (χ0n) is 32.1. The van der Waals surface area contributed by atoms with Crippen molar-refractivity contribution in [1.82, 2.24) is 14.5 Å². The summed E-state index contributed by atoms with van der Waals surface area (Å²) in [5, 5.41) is 11.7. The van der Waals surface area contributed by atoms with Gasteiger partial charge >= 0.3 is 0 Å². The fraction of sp³-hybridized carbons (Fsp3) is 0.0370. The van der Waals surface area contributed by atoms with E-state index in [2.05, 4.69) is 187 Å². The molecule has 4 nitrogen and oxygen atoms in total. The molecule has 274 valence electrons. The maximum Gasteiger partial charge on any atom is 0.235 e. The number of hydrogen-bond acceptors (Lipinski definition) is 3. The molecule has 0 fully saturated rings. The van der Waals surface area contributed by atoms with E-state index in [1.54, 1.807) is 0 Å². The first-order valence-electron chi connectivity index (χ1n) is 20.0. The van der Waals surface area contributed by atoms with Gasteiger partial charge in [-0.05, 0) is 80.3 Å². The van der Waals surface area contributed by atoms with Gasteiger partial charge in [0, 0.05) is 38.2 Å². The van der Waals surface area contributed by atoms with Crippen LogP contribution in [0.3, 0.4) is 0 Å². The molecule has 0 saturated carbocycles. The predicted molar refractivity (Wildman–Crippen MR) is 244 cm³/mol. The van der Waals surface area contributed by atoms with Gasteiger partial charge in [0.2, 0.25) is 5.95 Å². The van der Waals surface area contributed by atoms with Crippen LogP contribution in [0.2, 0.25) is 0 Å². The van der Waals surface area contributed by atoms with E-state index < -0.39 is 0 Å². The molecule has 3 aromatic heterocycles. The summed E-state index contributed by atoms with van der Waals surface area (Å²) in [5.41, 5.74) is 9.80. The topological polar surface area (TPSA) is 43.9 Å². The molecule has 12 aromatic rings. The molecule has 0 saturated heterocycles. The third-order valence-corrected chi connectivity index (χ3v) is 11.4. The molecular formula is C54H37N3O. The van der Waals surface area contributed by atoms with E-state index in [-0.39, 0.29) is 0 Å². The van der Waals surface area contributed by atoms with Gasteiger partial charge in [0.1, 0.15) is 11.2 Å². The standard InChI is InChI=1S/C52H31N3O.C2H6/c1-2-13-34(14-3-1)45-31-46(39-22-21-32-11-4-5-15-35(32)27-39)54-52(53-45)55-47-29-37-17-7-6-16-36(37)28-44(47)42-20-10-19-41(51(42)55)38-23-25-43-49(30-38)56-48-26-24-33-12-8-9-18-40(33)50(43)48;1-2/h1-31H;1-2H3. The molecule has 0 radical (unpaired) electrons. The Labute approximate surface area is 335 Å². The van der Waals surface area contributed by atoms with Crippen molar-refractivity contribution < 1.29 is 4.42 Å². The van der Waals surface area contributed by atoms with Crippen LogP contribution in [0.4, 0.5) is 0 Å². The van der Waals surface area contributed by atoms with E-state index in [1.807, 2.05) is 19.9 Å². The largest absolute Gasteiger partial charge is 0.456 e. The van der Waals surface area contributed by atoms with Crippen LogP contribution in [0.1, 0.15) is 13.8 Å². The van der Waals surface area contributed by atoms with E-state index in [0.717, 1.165) is 82.8 Å². The van der Waals surface area contributed by atoms with Gasteiger partial charge in [-0.1, -0.05) is 159 Å². The summed E-state index contributed by atoms with van der Waals surface area (Å²) in [5.74, 6) is 0.619. The molecular weight excluding hydrogens is 707 g/mol. The van der Waals surface area contributed by atoms with Gasteiger partial charge in [-0.15, -0.1) is 0 Å². The Morgan fingerprint density at radius 2 is 1.03 bits per heavy atom. The Morgan fingerprint density at radius 1 is 0.397 bits per heavy atom. The van der Waals surface area contributed by atoms with Crippen molar-refractivity contribution in [3.8, 4) is 39.6 Å². The maximum atomic E-state index is 6.59. The van der Waals surface area contributed by atoms with Gasteiger partial charge in [-0.25, -0.2) is 9.97 Å². The molecule has 12 rings (SSSR count). The lowest BCUT2D eigenvalue weighted by Crippen LogP contribution is -2.04. The van der Waals surface area contributed by atoms with E-state index in [1.165, 1.54) is 26.9 Å². The summed E-state index contributed by atoms with van der Waals surface area (Å²) in [6, 6.07) is 66.7. The summed E-state index contributed by atoms with van der Waals surface area (Å²) in [7, 11) is 0. The second-order valence-electron chi connectivity index (χ2n) is 14.6. The van der Waals surface area contributed by atoms with Crippen LogP contribution in [0, 0.1) is 0 Å². The highest BCUT2D eigenvalue weighted by Gasteiger charge is 2.21. The summed E-state index contributed by atoms with van der Waals surface area (Å²) < 4.78 is 8.87. The number of para-hydroxylation sites is 1. The van der Waals surface area contributed by atoms with Crippen molar-refractivity contribution >= 4 is 76.1 Å². The molecule has 0 atom stereocenters. The lowest BCUT2D eigenvalue weighted by atomic mass is 9.99. The molecule has 3 heterocycles. The van der Waals surface area contributed by atoms with E-state index in [0.29, 0.717) is 5.95 Å². The summed E-state index contributed by atoms with van der Waals surface area (Å²) in [4.78, 5) is 10.8. The van der Waals surface area contributed by atoms with Crippen molar-refractivity contribution in [1.29, 1.82) is 0 Å². The Hall–Kier alpha value is -7.56. The Balaban J connectivity index is 0.00000190. The molecule has 0 bridgehead atoms. The molecule has 0 aliphatic carbocycles. The lowest BCUT2D eigenvalue weighted by Gasteiger charge is -2.14. The normalized spacial score (nSPS) is 11.6. The number of fused-ring (bicyclic) bond motifs is 10. The predicted octanol–water partition coefficient (Wildman–Crippen LogP) is 15.0. The SMILES string of the molecule is CC.c1ccc(-c2cc(-c3ccc4ccccc4c3)nc(-n3c4cc5ccccc5cc4c4cccc(-c5ccc6c(c5)oc5ccc7ccccc7c56)c43)n2)cc1. The average Bonchev–Trinajstić information content (AvgIpc) is 3.84. The number of aromatic nitrogens is 3. The van der Waals surface area contributed by atoms with Crippen molar-refractivity contribution in [2.75, 3.05) is 0 Å². The Bertz CT molecular complexity index is 3540. The third-order valence-electron chi connectivity index (χ3n) is 11.4. The highest BCUT2D eigenvalue weighted by atomic mass is 16.3. The highest BCUT2D eigenvalue weighted by Crippen LogP contribution is 2.42. The average molecular weight is 744 g/mol. The van der Waals surface area contributed by atoms with E-state index in [4.69, 9.17) is 14.4 Å². The van der Waals surface area contributed by atoms with Crippen LogP contribution in [-0.4, -0.2) is 14.5 Å². The fourth-order valence-electron chi connectivity index (χ4n) is 8.69. The van der Waals surface area contributed by atoms with E-state index in [9.17, 15) is 0 Å². The number of nitrogens with zero attached hydrogens (tertiary/aromatic N) is 3. The fourth-order valence-corrected chi connectivity index (χ4v) is 8.69. The van der Waals surface area contributed by atoms with Crippen LogP contribution in [-0.2, 0) is 0 Å². The molecule has 4 heteroatoms. The molecule has 0 amide bonds. The minimum atomic E-state index is 0.619. The van der Waals surface area contributed by atoms with Crippen LogP contribution >= 0.6 is 0 Å². The maximum absolute atomic E-state index is 6.59. The highest BCUT2D eigenvalue weighted by molar-refractivity contribution is 6.20. The second-order valence-corrected chi connectivity index (χ2v) is 14.6. The zero-order chi connectivity index (χ0) is 38.7. The lowest BCUT2D eigenvalue weighted by molar-refractivity contribution is 0.669. The summed E-state index contributed by atoms with van der Waals surface area (Å²) in [6.45, 7) is 4.00. The number of rotatable bonds is 4. The smallest absolute Gasteiger partial charge is 0.235 e. The summed E-state index contributed by atoms with van der Waals surface area (Å²) >= 11 is 0. The van der Waals surface area contributed by atoms with Gasteiger partial charge in [0.05, 0.1) is 22.4 Å². The van der Waals surface area contributed by atoms with Gasteiger partial charge in [-0.3, -0.25) is 4.57 Å². The first kappa shape index (κ1) is 33.8. The van der Waals surface area contributed by atoms with Crippen LogP contribution < -0.4 is 0 Å². The van der Waals surface area contributed by atoms with Gasteiger partial charge in [0.25, 0.3) is 0 Å². The van der Waals surface area contributed by atoms with E-state index >= 15 is 0 Å². The van der Waals surface area contributed by atoms with Crippen molar-refractivity contribution in [3.05, 3.63) is 188 Å². The van der Waals surface area contributed by atoms with Gasteiger partial charge in [-0.2, -0.15) is 0 Å². The Morgan fingerprint density at radius 3 is 1.84 bits per heavy atom. The number of furan rings is 1. The van der Waals surface area contributed by atoms with Crippen molar-refractivity contribution in [3.63, 3.8) is 0 Å². The first-order chi connectivity index (χ1) is 28.7. The monoisotopic (exact) mass is 743 g/mol. The molecule has 0 unspecified atom stereocenters. The molecule has 9 aromatic carbocycles. The minimum Gasteiger partial charge on any atom is -0.456 e. The molecule has 0 spiro atoms. The Kier molecular flexibility index (Phi) is 7.90. The number of benzene rings is 9. The second kappa shape index (κ2) is 13.6. The van der Waals surface area contributed by atoms with Crippen molar-refractivity contribution in [2.24, 2.45) is 0 Å². The summed E-state index contributed by atoms with van der Waals surface area (Å²) in [6.07, 6.45) is 0. The molecule has 0 N–H and O–H groups in total. The third kappa shape index (κ3) is 5.37.